The quantitative estimate of drug-likeness (QED) is 0.693. The Morgan fingerprint density at radius 1 is 1.29 bits per heavy atom. The third-order valence-corrected chi connectivity index (χ3v) is 6.79. The zero-order valence-electron chi connectivity index (χ0n) is 14.5. The first-order valence-corrected chi connectivity index (χ1v) is 10.5. The number of morpholine rings is 1. The van der Waals surface area contributed by atoms with Crippen molar-refractivity contribution in [3.05, 3.63) is 0 Å². The van der Waals surface area contributed by atoms with Gasteiger partial charge in [0.25, 0.3) is 0 Å². The Balaban J connectivity index is 1.81. The SMILES string of the molecule is CN(CC(=O)O)CC1CN(S(=O)(=O)CCC2CCCCC2)CCO1. The Bertz CT molecular complexity index is 505. The van der Waals surface area contributed by atoms with E-state index in [1.165, 1.54) is 23.6 Å². The van der Waals surface area contributed by atoms with E-state index >= 15 is 0 Å². The molecule has 24 heavy (non-hydrogen) atoms. The predicted octanol–water partition coefficient (Wildman–Crippen LogP) is 1.00. The molecule has 1 heterocycles. The van der Waals surface area contributed by atoms with Crippen LogP contribution >= 0.6 is 0 Å². The highest BCUT2D eigenvalue weighted by atomic mass is 32.2. The van der Waals surface area contributed by atoms with Gasteiger partial charge in [-0.15, -0.1) is 0 Å². The molecular formula is C16H30N2O5S. The molecule has 8 heteroatoms. The van der Waals surface area contributed by atoms with E-state index in [4.69, 9.17) is 9.84 Å². The van der Waals surface area contributed by atoms with Crippen LogP contribution in [0.5, 0.6) is 0 Å². The van der Waals surface area contributed by atoms with Crippen molar-refractivity contribution in [2.75, 3.05) is 45.6 Å². The van der Waals surface area contributed by atoms with Gasteiger partial charge in [-0.1, -0.05) is 32.1 Å². The van der Waals surface area contributed by atoms with Crippen LogP contribution in [0, 0.1) is 5.92 Å². The van der Waals surface area contributed by atoms with Crippen molar-refractivity contribution in [3.8, 4) is 0 Å². The Kier molecular flexibility index (Phi) is 7.46. The van der Waals surface area contributed by atoms with Crippen LogP contribution in [0.4, 0.5) is 0 Å². The number of aliphatic carboxylic acids is 1. The molecule has 0 spiro atoms. The molecule has 1 unspecified atom stereocenters. The fraction of sp³-hybridized carbons (Fsp3) is 0.938. The van der Waals surface area contributed by atoms with Crippen molar-refractivity contribution in [2.45, 2.75) is 44.6 Å². The van der Waals surface area contributed by atoms with Crippen LogP contribution in [-0.4, -0.2) is 80.4 Å². The summed E-state index contributed by atoms with van der Waals surface area (Å²) in [6.45, 7) is 1.42. The van der Waals surface area contributed by atoms with Crippen LogP contribution in [0.1, 0.15) is 38.5 Å². The van der Waals surface area contributed by atoms with Crippen LogP contribution < -0.4 is 0 Å². The average Bonchev–Trinajstić information content (AvgIpc) is 2.53. The molecule has 1 aliphatic heterocycles. The van der Waals surface area contributed by atoms with Gasteiger partial charge >= 0.3 is 5.97 Å². The van der Waals surface area contributed by atoms with Crippen LogP contribution in [0.25, 0.3) is 0 Å². The molecule has 1 N–H and O–H groups in total. The molecule has 1 saturated heterocycles. The number of rotatable bonds is 8. The van der Waals surface area contributed by atoms with Gasteiger partial charge in [-0.05, 0) is 19.4 Å². The van der Waals surface area contributed by atoms with E-state index in [2.05, 4.69) is 0 Å². The maximum Gasteiger partial charge on any atom is 0.317 e. The molecule has 0 radical (unpaired) electrons. The first-order chi connectivity index (χ1) is 11.4. The Labute approximate surface area is 145 Å². The maximum absolute atomic E-state index is 12.6. The van der Waals surface area contributed by atoms with E-state index in [-0.39, 0.29) is 18.4 Å². The zero-order valence-corrected chi connectivity index (χ0v) is 15.3. The molecule has 0 aromatic heterocycles. The Morgan fingerprint density at radius 3 is 2.67 bits per heavy atom. The van der Waals surface area contributed by atoms with Crippen molar-refractivity contribution < 1.29 is 23.1 Å². The lowest BCUT2D eigenvalue weighted by atomic mass is 9.88. The predicted molar refractivity (Wildman–Crippen MR) is 91.4 cm³/mol. The van der Waals surface area contributed by atoms with Crippen LogP contribution in [0.15, 0.2) is 0 Å². The number of nitrogens with zero attached hydrogens (tertiary/aromatic N) is 2. The minimum absolute atomic E-state index is 0.0751. The van der Waals surface area contributed by atoms with Gasteiger partial charge in [-0.2, -0.15) is 4.31 Å². The molecule has 1 saturated carbocycles. The number of hydrogen-bond donors (Lipinski definition) is 1. The van der Waals surface area contributed by atoms with Gasteiger partial charge in [-0.25, -0.2) is 8.42 Å². The highest BCUT2D eigenvalue weighted by Gasteiger charge is 2.30. The van der Waals surface area contributed by atoms with Crippen LogP contribution in [0.3, 0.4) is 0 Å². The van der Waals surface area contributed by atoms with Gasteiger partial charge in [-0.3, -0.25) is 9.69 Å². The van der Waals surface area contributed by atoms with Gasteiger partial charge in [0.15, 0.2) is 0 Å². The molecule has 140 valence electrons. The summed E-state index contributed by atoms with van der Waals surface area (Å²) in [6.07, 6.45) is 6.51. The van der Waals surface area contributed by atoms with Gasteiger partial charge in [0.1, 0.15) is 0 Å². The van der Waals surface area contributed by atoms with Gasteiger partial charge < -0.3 is 9.84 Å². The Hall–Kier alpha value is -0.700. The second-order valence-corrected chi connectivity index (χ2v) is 9.14. The minimum atomic E-state index is -3.26. The topological polar surface area (TPSA) is 87.2 Å². The highest BCUT2D eigenvalue weighted by molar-refractivity contribution is 7.89. The average molecular weight is 362 g/mol. The van der Waals surface area contributed by atoms with E-state index < -0.39 is 16.0 Å². The van der Waals surface area contributed by atoms with Crippen molar-refractivity contribution in [1.82, 2.24) is 9.21 Å². The van der Waals surface area contributed by atoms with Crippen molar-refractivity contribution in [1.29, 1.82) is 0 Å². The third-order valence-electron chi connectivity index (χ3n) is 4.92. The minimum Gasteiger partial charge on any atom is -0.480 e. The van der Waals surface area contributed by atoms with Crippen LogP contribution in [-0.2, 0) is 19.6 Å². The summed E-state index contributed by atoms with van der Waals surface area (Å²) < 4.78 is 32.3. The number of sulfonamides is 1. The monoisotopic (exact) mass is 362 g/mol. The summed E-state index contributed by atoms with van der Waals surface area (Å²) in [5, 5.41) is 8.80. The number of likely N-dealkylation sites (N-methyl/N-ethyl adjacent to an activating group) is 1. The summed E-state index contributed by atoms with van der Waals surface area (Å²) in [7, 11) is -1.55. The first kappa shape index (κ1) is 19.6. The first-order valence-electron chi connectivity index (χ1n) is 8.86. The molecular weight excluding hydrogens is 332 g/mol. The molecule has 7 nitrogen and oxygen atoms in total. The van der Waals surface area contributed by atoms with E-state index in [0.29, 0.717) is 32.2 Å². The number of hydrogen-bond acceptors (Lipinski definition) is 5. The molecule has 0 aromatic rings. The lowest BCUT2D eigenvalue weighted by molar-refractivity contribution is -0.138. The van der Waals surface area contributed by atoms with Crippen molar-refractivity contribution in [2.24, 2.45) is 5.92 Å². The summed E-state index contributed by atoms with van der Waals surface area (Å²) in [5.41, 5.74) is 0. The zero-order chi connectivity index (χ0) is 17.6. The van der Waals surface area contributed by atoms with E-state index in [0.717, 1.165) is 19.3 Å². The molecule has 0 bridgehead atoms. The fourth-order valence-corrected chi connectivity index (χ4v) is 5.25. The van der Waals surface area contributed by atoms with Gasteiger partial charge in [0.2, 0.25) is 10.0 Å². The summed E-state index contributed by atoms with van der Waals surface area (Å²) in [6, 6.07) is 0. The highest BCUT2D eigenvalue weighted by Crippen LogP contribution is 2.27. The summed E-state index contributed by atoms with van der Waals surface area (Å²) in [5.74, 6) is -0.132. The normalized spacial score (nSPS) is 24.3. The molecule has 0 aromatic carbocycles. The molecule has 0 amide bonds. The number of ether oxygens (including phenoxy) is 1. The van der Waals surface area contributed by atoms with Gasteiger partial charge in [0.05, 0.1) is 25.0 Å². The largest absolute Gasteiger partial charge is 0.480 e. The molecule has 2 fully saturated rings. The smallest absolute Gasteiger partial charge is 0.317 e. The summed E-state index contributed by atoms with van der Waals surface area (Å²) in [4.78, 5) is 12.4. The third kappa shape index (κ3) is 6.31. The summed E-state index contributed by atoms with van der Waals surface area (Å²) >= 11 is 0. The lowest BCUT2D eigenvalue weighted by Gasteiger charge is -2.34. The number of carboxylic acid groups (broad SMARTS) is 1. The lowest BCUT2D eigenvalue weighted by Crippen LogP contribution is -2.50. The molecule has 2 aliphatic rings. The van der Waals surface area contributed by atoms with Gasteiger partial charge in [0, 0.05) is 19.6 Å². The maximum atomic E-state index is 12.6. The standard InChI is InChI=1S/C16H30N2O5S/c1-17(13-16(19)20)11-15-12-18(8-9-23-15)24(21,22)10-7-14-5-3-2-4-6-14/h14-15H,2-13H2,1H3,(H,19,20). The molecule has 1 aliphatic carbocycles. The van der Waals surface area contributed by atoms with E-state index in [1.54, 1.807) is 11.9 Å². The van der Waals surface area contributed by atoms with E-state index in [1.807, 2.05) is 0 Å². The molecule has 1 atom stereocenters. The van der Waals surface area contributed by atoms with Crippen LogP contribution in [0.2, 0.25) is 0 Å². The second kappa shape index (κ2) is 9.12. The van der Waals surface area contributed by atoms with E-state index in [9.17, 15) is 13.2 Å². The molecule has 2 rings (SSSR count). The number of carboxylic acids is 1. The van der Waals surface area contributed by atoms with Crippen molar-refractivity contribution >= 4 is 16.0 Å². The Morgan fingerprint density at radius 2 is 2.00 bits per heavy atom. The fourth-order valence-electron chi connectivity index (χ4n) is 3.62. The van der Waals surface area contributed by atoms with Crippen molar-refractivity contribution in [3.63, 3.8) is 0 Å². The second-order valence-electron chi connectivity index (χ2n) is 7.05. The number of carbonyl (C=O) groups is 1.